The number of anilines is 1. The van der Waals surface area contributed by atoms with Crippen LogP contribution in [-0.2, 0) is 9.53 Å². The van der Waals surface area contributed by atoms with Gasteiger partial charge in [-0.3, -0.25) is 9.59 Å². The Hall–Kier alpha value is -2.15. The number of rotatable bonds is 6. The second-order valence-electron chi connectivity index (χ2n) is 8.22. The summed E-state index contributed by atoms with van der Waals surface area (Å²) in [5.41, 5.74) is 0.642. The lowest BCUT2D eigenvalue weighted by Gasteiger charge is -2.34. The lowest BCUT2D eigenvalue weighted by Crippen LogP contribution is -2.41. The van der Waals surface area contributed by atoms with Crippen LogP contribution in [0.2, 0.25) is 0 Å². The van der Waals surface area contributed by atoms with Crippen molar-refractivity contribution in [1.82, 2.24) is 14.8 Å². The zero-order valence-electron chi connectivity index (χ0n) is 16.4. The van der Waals surface area contributed by atoms with E-state index in [0.29, 0.717) is 29.7 Å². The van der Waals surface area contributed by atoms with Gasteiger partial charge in [-0.1, -0.05) is 0 Å². The van der Waals surface area contributed by atoms with Gasteiger partial charge in [0.1, 0.15) is 5.82 Å². The molecule has 0 saturated carbocycles. The topological polar surface area (TPSA) is 74.8 Å². The number of nitrogens with zero attached hydrogens (tertiary/aromatic N) is 3. The Balaban J connectivity index is 1.23. The van der Waals surface area contributed by atoms with Crippen LogP contribution in [-0.4, -0.2) is 72.5 Å². The van der Waals surface area contributed by atoms with Gasteiger partial charge in [-0.2, -0.15) is 0 Å². The van der Waals surface area contributed by atoms with Gasteiger partial charge < -0.3 is 19.9 Å². The molecule has 0 aromatic carbocycles. The maximum atomic E-state index is 12.8. The number of ether oxygens (including phenoxy) is 1. The van der Waals surface area contributed by atoms with Gasteiger partial charge in [0.2, 0.25) is 5.91 Å². The molecule has 7 nitrogen and oxygen atoms in total. The first-order chi connectivity index (χ1) is 13.7. The number of carbonyl (C=O) groups is 2. The third-order valence-electron chi connectivity index (χ3n) is 6.16. The Kier molecular flexibility index (Phi) is 6.10. The van der Waals surface area contributed by atoms with Crippen molar-refractivity contribution >= 4 is 17.6 Å². The summed E-state index contributed by atoms with van der Waals surface area (Å²) in [5, 5.41) is 3.33. The van der Waals surface area contributed by atoms with Gasteiger partial charge in [-0.15, -0.1) is 0 Å². The van der Waals surface area contributed by atoms with Crippen molar-refractivity contribution < 1.29 is 14.3 Å². The maximum Gasteiger partial charge on any atom is 0.255 e. The van der Waals surface area contributed by atoms with Crippen LogP contribution < -0.4 is 5.32 Å². The van der Waals surface area contributed by atoms with E-state index < -0.39 is 0 Å². The van der Waals surface area contributed by atoms with Crippen molar-refractivity contribution in [1.29, 1.82) is 0 Å². The van der Waals surface area contributed by atoms with Crippen LogP contribution in [0.5, 0.6) is 0 Å². The molecule has 3 aliphatic heterocycles. The van der Waals surface area contributed by atoms with E-state index in [-0.39, 0.29) is 5.91 Å². The minimum Gasteiger partial charge on any atom is -0.381 e. The summed E-state index contributed by atoms with van der Waals surface area (Å²) < 4.78 is 5.38. The number of carbonyl (C=O) groups excluding carboxylic acids is 2. The first-order valence-electron chi connectivity index (χ1n) is 10.5. The van der Waals surface area contributed by atoms with Crippen molar-refractivity contribution in [3.8, 4) is 0 Å². The molecule has 28 heavy (non-hydrogen) atoms. The Bertz CT molecular complexity index is 679. The number of nitrogens with one attached hydrogen (secondary N) is 1. The normalized spacial score (nSPS) is 23.4. The van der Waals surface area contributed by atoms with Crippen molar-refractivity contribution in [2.75, 3.05) is 51.3 Å². The van der Waals surface area contributed by atoms with Crippen LogP contribution in [0.3, 0.4) is 0 Å². The summed E-state index contributed by atoms with van der Waals surface area (Å²) in [5.74, 6) is 2.20. The first kappa shape index (κ1) is 19.2. The van der Waals surface area contributed by atoms with E-state index in [4.69, 9.17) is 4.74 Å². The molecule has 1 N–H and O–H groups in total. The summed E-state index contributed by atoms with van der Waals surface area (Å²) in [4.78, 5) is 32.9. The summed E-state index contributed by atoms with van der Waals surface area (Å²) in [6, 6.07) is 3.74. The molecule has 4 heterocycles. The zero-order valence-corrected chi connectivity index (χ0v) is 16.4. The van der Waals surface area contributed by atoms with Crippen molar-refractivity contribution in [3.05, 3.63) is 23.9 Å². The van der Waals surface area contributed by atoms with E-state index in [9.17, 15) is 9.59 Å². The van der Waals surface area contributed by atoms with Gasteiger partial charge in [0, 0.05) is 57.9 Å². The van der Waals surface area contributed by atoms with E-state index in [0.717, 1.165) is 77.4 Å². The van der Waals surface area contributed by atoms with Gasteiger partial charge in [-0.05, 0) is 43.7 Å². The quantitative estimate of drug-likeness (QED) is 0.809. The average molecular weight is 386 g/mol. The highest BCUT2D eigenvalue weighted by Crippen LogP contribution is 2.22. The molecule has 0 unspecified atom stereocenters. The fourth-order valence-corrected chi connectivity index (χ4v) is 4.33. The highest BCUT2D eigenvalue weighted by molar-refractivity contribution is 5.94. The smallest absolute Gasteiger partial charge is 0.255 e. The average Bonchev–Trinajstić information content (AvgIpc) is 3.39. The molecule has 0 radical (unpaired) electrons. The predicted molar refractivity (Wildman–Crippen MR) is 106 cm³/mol. The summed E-state index contributed by atoms with van der Waals surface area (Å²) in [6.07, 6.45) is 6.38. The molecule has 4 rings (SSSR count). The minimum absolute atomic E-state index is 0.0546. The number of pyridine rings is 1. The Morgan fingerprint density at radius 2 is 2.04 bits per heavy atom. The third-order valence-corrected chi connectivity index (χ3v) is 6.16. The molecule has 1 atom stereocenters. The molecule has 3 fully saturated rings. The van der Waals surface area contributed by atoms with E-state index in [2.05, 4.69) is 10.3 Å². The van der Waals surface area contributed by atoms with Gasteiger partial charge in [-0.25, -0.2) is 4.98 Å². The third kappa shape index (κ3) is 4.63. The van der Waals surface area contributed by atoms with Crippen molar-refractivity contribution in [3.63, 3.8) is 0 Å². The molecule has 7 heteroatoms. The van der Waals surface area contributed by atoms with Crippen molar-refractivity contribution in [2.45, 2.75) is 32.1 Å². The fraction of sp³-hybridized carbons (Fsp3) is 0.667. The van der Waals surface area contributed by atoms with Crippen LogP contribution >= 0.6 is 0 Å². The van der Waals surface area contributed by atoms with Gasteiger partial charge >= 0.3 is 0 Å². The number of likely N-dealkylation sites (tertiary alicyclic amines) is 2. The molecule has 152 valence electrons. The second kappa shape index (κ2) is 8.90. The molecule has 2 amide bonds. The maximum absolute atomic E-state index is 12.8. The number of hydrogen-bond donors (Lipinski definition) is 1. The minimum atomic E-state index is 0.0546. The zero-order chi connectivity index (χ0) is 19.3. The number of amides is 2. The highest BCUT2D eigenvalue weighted by Gasteiger charge is 2.28. The number of aromatic nitrogens is 1. The number of hydrogen-bond acceptors (Lipinski definition) is 5. The van der Waals surface area contributed by atoms with Crippen LogP contribution in [0.4, 0.5) is 5.82 Å². The van der Waals surface area contributed by atoms with Crippen molar-refractivity contribution in [2.24, 2.45) is 11.8 Å². The molecule has 0 bridgehead atoms. The van der Waals surface area contributed by atoms with E-state index in [1.807, 2.05) is 21.9 Å². The van der Waals surface area contributed by atoms with Crippen LogP contribution in [0.1, 0.15) is 42.5 Å². The first-order valence-corrected chi connectivity index (χ1v) is 10.5. The monoisotopic (exact) mass is 386 g/mol. The number of piperidine rings is 1. The molecular formula is C21H30N4O3. The fourth-order valence-electron chi connectivity index (χ4n) is 4.33. The molecule has 1 aromatic rings. The highest BCUT2D eigenvalue weighted by atomic mass is 16.5. The summed E-state index contributed by atoms with van der Waals surface area (Å²) in [6.45, 7) is 5.78. The van der Waals surface area contributed by atoms with E-state index in [1.165, 1.54) is 0 Å². The SMILES string of the molecule is O=C1CCCN1CC1CCN(C(=O)c2ccc(NC[C@@H]3CCOC3)nc2)CC1. The predicted octanol–water partition coefficient (Wildman–Crippen LogP) is 2.00. The standard InChI is InChI=1S/C21H30N4O3/c26-20-2-1-8-25(20)14-16-5-9-24(10-6-16)21(27)18-3-4-19(23-13-18)22-12-17-7-11-28-15-17/h3-4,13,16-17H,1-2,5-12,14-15H2,(H,22,23)/t17-/m0/s1. The molecule has 3 aliphatic rings. The largest absolute Gasteiger partial charge is 0.381 e. The summed E-state index contributed by atoms with van der Waals surface area (Å²) in [7, 11) is 0. The molecular weight excluding hydrogens is 356 g/mol. The van der Waals surface area contributed by atoms with Crippen LogP contribution in [0.15, 0.2) is 18.3 Å². The van der Waals surface area contributed by atoms with Gasteiger partial charge in [0.15, 0.2) is 0 Å². The van der Waals surface area contributed by atoms with Gasteiger partial charge in [0.25, 0.3) is 5.91 Å². The van der Waals surface area contributed by atoms with Gasteiger partial charge in [0.05, 0.1) is 12.2 Å². The van der Waals surface area contributed by atoms with E-state index >= 15 is 0 Å². The molecule has 0 spiro atoms. The summed E-state index contributed by atoms with van der Waals surface area (Å²) >= 11 is 0. The lowest BCUT2D eigenvalue weighted by atomic mass is 9.96. The van der Waals surface area contributed by atoms with E-state index in [1.54, 1.807) is 6.20 Å². The van der Waals surface area contributed by atoms with Crippen LogP contribution in [0.25, 0.3) is 0 Å². The molecule has 3 saturated heterocycles. The molecule has 0 aliphatic carbocycles. The Morgan fingerprint density at radius 1 is 1.18 bits per heavy atom. The second-order valence-corrected chi connectivity index (χ2v) is 8.22. The lowest BCUT2D eigenvalue weighted by molar-refractivity contribution is -0.128. The Morgan fingerprint density at radius 3 is 2.68 bits per heavy atom. The van der Waals surface area contributed by atoms with Crippen LogP contribution in [0, 0.1) is 11.8 Å². The molecule has 1 aromatic heterocycles. The Labute approximate surface area is 166 Å².